The van der Waals surface area contributed by atoms with Crippen LogP contribution < -0.4 is 4.90 Å². The molecule has 0 unspecified atom stereocenters. The monoisotopic (exact) mass is 331 g/mol. The van der Waals surface area contributed by atoms with E-state index in [1.54, 1.807) is 4.90 Å². The van der Waals surface area contributed by atoms with Gasteiger partial charge in [-0.25, -0.2) is 9.78 Å². The zero-order chi connectivity index (χ0) is 16.6. The highest BCUT2D eigenvalue weighted by atomic mass is 16.6. The van der Waals surface area contributed by atoms with Crippen molar-refractivity contribution < 1.29 is 14.3 Å². The van der Waals surface area contributed by atoms with Crippen molar-refractivity contribution in [3.05, 3.63) is 23.9 Å². The van der Waals surface area contributed by atoms with Gasteiger partial charge in [0.25, 0.3) is 0 Å². The molecule has 3 fully saturated rings. The number of ether oxygens (including phenoxy) is 2. The number of aromatic nitrogens is 1. The maximum Gasteiger partial charge on any atom is 0.416 e. The number of nitrogens with zero attached hydrogens (tertiary/aromatic N) is 3. The minimum absolute atomic E-state index is 0.276. The maximum atomic E-state index is 12.4. The molecule has 0 N–H and O–H groups in total. The van der Waals surface area contributed by atoms with Gasteiger partial charge in [-0.05, 0) is 38.6 Å². The van der Waals surface area contributed by atoms with Crippen LogP contribution in [-0.2, 0) is 9.47 Å². The van der Waals surface area contributed by atoms with Crippen LogP contribution >= 0.6 is 0 Å². The number of rotatable bonds is 2. The van der Waals surface area contributed by atoms with E-state index in [1.165, 1.54) is 6.42 Å². The van der Waals surface area contributed by atoms with Crippen LogP contribution in [0.4, 0.5) is 10.6 Å². The van der Waals surface area contributed by atoms with Crippen LogP contribution in [0.15, 0.2) is 18.2 Å². The predicted molar refractivity (Wildman–Crippen MR) is 90.3 cm³/mol. The van der Waals surface area contributed by atoms with E-state index in [-0.39, 0.29) is 6.09 Å². The molecule has 130 valence electrons. The number of likely N-dealkylation sites (N-methyl/N-ethyl adjacent to an activating group) is 1. The molecule has 0 aromatic carbocycles. The van der Waals surface area contributed by atoms with Crippen LogP contribution in [0.5, 0.6) is 0 Å². The first-order valence-electron chi connectivity index (χ1n) is 8.89. The molecule has 0 radical (unpaired) electrons. The zero-order valence-corrected chi connectivity index (χ0v) is 14.2. The standard InChI is InChI=1S/C18H25N3O3/c1-20-9-3-4-14(12-20)15-5-2-6-16(19-15)21-13-18(24-17(21)22)7-10-23-11-8-18/h2,5-6,14H,3-4,7-13H2,1H3/t14-/m0/s1. The predicted octanol–water partition coefficient (Wildman–Crippen LogP) is 2.40. The Morgan fingerprint density at radius 1 is 1.29 bits per heavy atom. The van der Waals surface area contributed by atoms with Crippen molar-refractivity contribution in [3.63, 3.8) is 0 Å². The quantitative estimate of drug-likeness (QED) is 0.833. The number of anilines is 1. The van der Waals surface area contributed by atoms with Crippen LogP contribution in [-0.4, -0.2) is 61.5 Å². The van der Waals surface area contributed by atoms with Crippen LogP contribution in [0.3, 0.4) is 0 Å². The van der Waals surface area contributed by atoms with E-state index < -0.39 is 5.60 Å². The molecule has 3 aliphatic rings. The van der Waals surface area contributed by atoms with Gasteiger partial charge < -0.3 is 14.4 Å². The number of likely N-dealkylation sites (tertiary alicyclic amines) is 1. The molecule has 0 aliphatic carbocycles. The minimum Gasteiger partial charge on any atom is -0.440 e. The highest BCUT2D eigenvalue weighted by Crippen LogP contribution is 2.35. The molecule has 3 aliphatic heterocycles. The fraction of sp³-hybridized carbons (Fsp3) is 0.667. The Balaban J connectivity index is 1.54. The van der Waals surface area contributed by atoms with Crippen LogP contribution in [0, 0.1) is 0 Å². The van der Waals surface area contributed by atoms with E-state index in [9.17, 15) is 4.79 Å². The smallest absolute Gasteiger partial charge is 0.416 e. The lowest BCUT2D eigenvalue weighted by Crippen LogP contribution is -2.40. The number of hydrogen-bond donors (Lipinski definition) is 0. The van der Waals surface area contributed by atoms with Gasteiger partial charge in [-0.3, -0.25) is 4.90 Å². The van der Waals surface area contributed by atoms with Gasteiger partial charge in [-0.15, -0.1) is 0 Å². The molecule has 1 aromatic rings. The van der Waals surface area contributed by atoms with Crippen molar-refractivity contribution in [1.82, 2.24) is 9.88 Å². The number of piperidine rings is 1. The normalized spacial score (nSPS) is 27.5. The van der Waals surface area contributed by atoms with Crippen molar-refractivity contribution in [3.8, 4) is 0 Å². The average molecular weight is 331 g/mol. The van der Waals surface area contributed by atoms with Gasteiger partial charge in [-0.2, -0.15) is 0 Å². The van der Waals surface area contributed by atoms with E-state index in [0.29, 0.717) is 31.5 Å². The first-order chi connectivity index (χ1) is 11.7. The van der Waals surface area contributed by atoms with Crippen molar-refractivity contribution in [2.24, 2.45) is 0 Å². The SMILES string of the molecule is CN1CCC[C@H](c2cccc(N3CC4(CCOCC4)OC3=O)n2)C1. The lowest BCUT2D eigenvalue weighted by Gasteiger charge is -2.31. The Bertz CT molecular complexity index is 615. The molecule has 6 heteroatoms. The van der Waals surface area contributed by atoms with E-state index >= 15 is 0 Å². The lowest BCUT2D eigenvalue weighted by atomic mass is 9.94. The molecule has 1 amide bonds. The zero-order valence-electron chi connectivity index (χ0n) is 14.2. The molecule has 4 rings (SSSR count). The van der Waals surface area contributed by atoms with E-state index in [2.05, 4.69) is 18.0 Å². The van der Waals surface area contributed by atoms with Crippen molar-refractivity contribution in [1.29, 1.82) is 0 Å². The molecule has 3 saturated heterocycles. The average Bonchev–Trinajstić information content (AvgIpc) is 2.91. The van der Waals surface area contributed by atoms with Gasteiger partial charge in [0.1, 0.15) is 11.4 Å². The summed E-state index contributed by atoms with van der Waals surface area (Å²) in [6, 6.07) is 6.00. The Morgan fingerprint density at radius 3 is 2.92 bits per heavy atom. The second-order valence-electron chi connectivity index (χ2n) is 7.27. The third kappa shape index (κ3) is 3.00. The van der Waals surface area contributed by atoms with Gasteiger partial charge in [0, 0.05) is 31.0 Å². The highest BCUT2D eigenvalue weighted by Gasteiger charge is 2.47. The summed E-state index contributed by atoms with van der Waals surface area (Å²) in [6.07, 6.45) is 3.61. The third-order valence-corrected chi connectivity index (χ3v) is 5.45. The van der Waals surface area contributed by atoms with Gasteiger partial charge in [-0.1, -0.05) is 6.07 Å². The summed E-state index contributed by atoms with van der Waals surface area (Å²) in [6.45, 7) is 4.07. The number of amides is 1. The Labute approximate surface area is 142 Å². The summed E-state index contributed by atoms with van der Waals surface area (Å²) in [7, 11) is 2.16. The fourth-order valence-corrected chi connectivity index (χ4v) is 4.03. The molecule has 6 nitrogen and oxygen atoms in total. The van der Waals surface area contributed by atoms with Crippen LogP contribution in [0.1, 0.15) is 37.3 Å². The number of carbonyl (C=O) groups is 1. The maximum absolute atomic E-state index is 12.4. The fourth-order valence-electron chi connectivity index (χ4n) is 4.03. The Hall–Kier alpha value is -1.66. The Kier molecular flexibility index (Phi) is 4.18. The third-order valence-electron chi connectivity index (χ3n) is 5.45. The number of carbonyl (C=O) groups excluding carboxylic acids is 1. The highest BCUT2D eigenvalue weighted by molar-refractivity contribution is 5.89. The van der Waals surface area contributed by atoms with Crippen molar-refractivity contribution in [2.75, 3.05) is 44.8 Å². The van der Waals surface area contributed by atoms with Gasteiger partial charge in [0.15, 0.2) is 0 Å². The van der Waals surface area contributed by atoms with Gasteiger partial charge in [0.05, 0.1) is 19.8 Å². The first-order valence-corrected chi connectivity index (χ1v) is 8.89. The summed E-state index contributed by atoms with van der Waals surface area (Å²) in [5.74, 6) is 1.16. The minimum atomic E-state index is -0.391. The van der Waals surface area contributed by atoms with E-state index in [0.717, 1.165) is 38.0 Å². The van der Waals surface area contributed by atoms with Crippen molar-refractivity contribution >= 4 is 11.9 Å². The number of pyridine rings is 1. The topological polar surface area (TPSA) is 54.9 Å². The summed E-state index contributed by atoms with van der Waals surface area (Å²) in [5, 5.41) is 0. The molecule has 0 bridgehead atoms. The largest absolute Gasteiger partial charge is 0.440 e. The second-order valence-corrected chi connectivity index (χ2v) is 7.27. The molecular weight excluding hydrogens is 306 g/mol. The van der Waals surface area contributed by atoms with E-state index in [1.807, 2.05) is 12.1 Å². The molecule has 1 aromatic heterocycles. The van der Waals surface area contributed by atoms with Gasteiger partial charge in [0.2, 0.25) is 0 Å². The summed E-state index contributed by atoms with van der Waals surface area (Å²) < 4.78 is 11.1. The molecule has 4 heterocycles. The van der Waals surface area contributed by atoms with Crippen LogP contribution in [0.25, 0.3) is 0 Å². The van der Waals surface area contributed by atoms with Crippen molar-refractivity contribution in [2.45, 2.75) is 37.2 Å². The number of hydrogen-bond acceptors (Lipinski definition) is 5. The molecule has 1 spiro atoms. The molecule has 0 saturated carbocycles. The summed E-state index contributed by atoms with van der Waals surface area (Å²) >= 11 is 0. The Morgan fingerprint density at radius 2 is 2.12 bits per heavy atom. The summed E-state index contributed by atoms with van der Waals surface area (Å²) in [4.78, 5) is 21.3. The molecule has 24 heavy (non-hydrogen) atoms. The second kappa shape index (κ2) is 6.33. The molecular formula is C18H25N3O3. The molecule has 1 atom stereocenters. The lowest BCUT2D eigenvalue weighted by molar-refractivity contribution is -0.0431. The summed E-state index contributed by atoms with van der Waals surface area (Å²) in [5.41, 5.74) is 0.692. The van der Waals surface area contributed by atoms with Gasteiger partial charge >= 0.3 is 6.09 Å². The van der Waals surface area contributed by atoms with Crippen LogP contribution in [0.2, 0.25) is 0 Å². The van der Waals surface area contributed by atoms with E-state index in [4.69, 9.17) is 14.5 Å². The first kappa shape index (κ1) is 15.8.